The smallest absolute Gasteiger partial charge is 0.217 e. The van der Waals surface area contributed by atoms with Gasteiger partial charge in [0, 0.05) is 6.92 Å². The summed E-state index contributed by atoms with van der Waals surface area (Å²) < 4.78 is 22.1. The molecule has 0 aliphatic carbocycles. The molecule has 12 unspecified atom stereocenters. The van der Waals surface area contributed by atoms with E-state index in [2.05, 4.69) is 12.2 Å². The van der Waals surface area contributed by atoms with Crippen LogP contribution < -0.4 is 5.32 Å². The molecule has 2 aliphatic heterocycles. The van der Waals surface area contributed by atoms with Crippen LogP contribution in [0.25, 0.3) is 0 Å². The first-order valence-corrected chi connectivity index (χ1v) is 18.9. The van der Waals surface area contributed by atoms with Gasteiger partial charge in [-0.3, -0.25) is 4.79 Å². The van der Waals surface area contributed by atoms with E-state index in [4.69, 9.17) is 18.9 Å². The molecule has 0 spiro atoms. The van der Waals surface area contributed by atoms with E-state index in [0.29, 0.717) is 0 Å². The summed E-state index contributed by atoms with van der Waals surface area (Å²) in [4.78, 5) is 11.9. The van der Waals surface area contributed by atoms with Crippen molar-refractivity contribution in [2.75, 3.05) is 19.8 Å². The monoisotopic (exact) mass is 721 g/mol. The Balaban J connectivity index is 1.72. The lowest BCUT2D eigenvalue weighted by atomic mass is 9.97. The third kappa shape index (κ3) is 15.8. The number of carbonyl (C=O) groups excluding carboxylic acids is 1. The highest BCUT2D eigenvalue weighted by atomic mass is 16.7. The molecule has 9 N–H and O–H groups in total. The maximum atomic E-state index is 11.9. The maximum Gasteiger partial charge on any atom is 0.217 e. The molecule has 0 radical (unpaired) electrons. The minimum atomic E-state index is -1.78. The van der Waals surface area contributed by atoms with E-state index in [1.165, 1.54) is 90.4 Å². The highest BCUT2D eigenvalue weighted by molar-refractivity contribution is 5.73. The molecule has 0 saturated carbocycles. The molecule has 0 aromatic carbocycles. The highest BCUT2D eigenvalue weighted by Gasteiger charge is 2.50. The van der Waals surface area contributed by atoms with Gasteiger partial charge in [-0.1, -0.05) is 109 Å². The highest BCUT2D eigenvalue weighted by Crippen LogP contribution is 2.29. The SMILES string of the molecule is CCCCCCCCCCCCCCCCC/C=C/C(O)C(COC1OC(CO)C(OC2OC(CO)C(O)C(O)C2O)C(O)C1O)NC(C)=O. The van der Waals surface area contributed by atoms with Crippen molar-refractivity contribution in [1.82, 2.24) is 5.32 Å². The topological polar surface area (TPSA) is 228 Å². The first-order chi connectivity index (χ1) is 24.0. The van der Waals surface area contributed by atoms with Crippen molar-refractivity contribution in [2.24, 2.45) is 0 Å². The molecule has 2 saturated heterocycles. The number of ether oxygens (including phenoxy) is 4. The normalized spacial score (nSPS) is 31.6. The molecule has 1 amide bonds. The quantitative estimate of drug-likeness (QED) is 0.0454. The van der Waals surface area contributed by atoms with Gasteiger partial charge in [0.15, 0.2) is 12.6 Å². The second-order valence-corrected chi connectivity index (χ2v) is 13.8. The van der Waals surface area contributed by atoms with Crippen molar-refractivity contribution in [3.63, 3.8) is 0 Å². The van der Waals surface area contributed by atoms with Crippen LogP contribution in [0.5, 0.6) is 0 Å². The van der Waals surface area contributed by atoms with Crippen LogP contribution >= 0.6 is 0 Å². The molecule has 294 valence electrons. The summed E-state index contributed by atoms with van der Waals surface area (Å²) in [6.07, 6.45) is 6.53. The van der Waals surface area contributed by atoms with Crippen molar-refractivity contribution < 1.29 is 64.6 Å². The van der Waals surface area contributed by atoms with E-state index >= 15 is 0 Å². The van der Waals surface area contributed by atoms with Crippen LogP contribution in [0, 0.1) is 0 Å². The Labute approximate surface area is 297 Å². The van der Waals surface area contributed by atoms with Crippen LogP contribution in [0.1, 0.15) is 117 Å². The van der Waals surface area contributed by atoms with E-state index in [1.54, 1.807) is 6.08 Å². The number of aliphatic hydroxyl groups is 8. The second-order valence-electron chi connectivity index (χ2n) is 13.8. The molecular weight excluding hydrogens is 654 g/mol. The summed E-state index contributed by atoms with van der Waals surface area (Å²) >= 11 is 0. The van der Waals surface area contributed by atoms with Crippen molar-refractivity contribution >= 4 is 5.91 Å². The van der Waals surface area contributed by atoms with Gasteiger partial charge in [-0.05, 0) is 12.8 Å². The molecule has 0 aromatic rings. The largest absolute Gasteiger partial charge is 0.394 e. The van der Waals surface area contributed by atoms with E-state index in [9.17, 15) is 45.6 Å². The van der Waals surface area contributed by atoms with Gasteiger partial charge in [0.2, 0.25) is 5.91 Å². The van der Waals surface area contributed by atoms with Gasteiger partial charge in [0.25, 0.3) is 0 Å². The van der Waals surface area contributed by atoms with E-state index in [1.807, 2.05) is 6.08 Å². The van der Waals surface area contributed by atoms with Gasteiger partial charge in [-0.15, -0.1) is 0 Å². The molecule has 2 heterocycles. The van der Waals surface area contributed by atoms with Crippen LogP contribution in [-0.2, 0) is 23.7 Å². The second kappa shape index (κ2) is 25.7. The Kier molecular flexibility index (Phi) is 23.0. The van der Waals surface area contributed by atoms with Crippen molar-refractivity contribution in [1.29, 1.82) is 0 Å². The molecule has 2 rings (SSSR count). The fourth-order valence-electron chi connectivity index (χ4n) is 6.38. The van der Waals surface area contributed by atoms with Crippen molar-refractivity contribution in [3.05, 3.63) is 12.2 Å². The van der Waals surface area contributed by atoms with Crippen LogP contribution in [-0.4, -0.2) is 140 Å². The third-order valence-corrected chi connectivity index (χ3v) is 9.51. The number of aliphatic hydroxyl groups excluding tert-OH is 8. The molecule has 0 aromatic heterocycles. The lowest BCUT2D eigenvalue weighted by molar-refractivity contribution is -0.359. The molecule has 0 bridgehead atoms. The van der Waals surface area contributed by atoms with Gasteiger partial charge in [0.05, 0.1) is 32.0 Å². The van der Waals surface area contributed by atoms with Gasteiger partial charge in [-0.25, -0.2) is 0 Å². The van der Waals surface area contributed by atoms with E-state index in [0.717, 1.165) is 19.3 Å². The molecule has 2 aliphatic rings. The Hall–Kier alpha value is -1.27. The summed E-state index contributed by atoms with van der Waals surface area (Å²) in [7, 11) is 0. The molecule has 50 heavy (non-hydrogen) atoms. The number of hydrogen-bond donors (Lipinski definition) is 9. The number of hydrogen-bond acceptors (Lipinski definition) is 13. The molecule has 2 fully saturated rings. The number of allylic oxidation sites excluding steroid dienone is 1. The maximum absolute atomic E-state index is 11.9. The lowest BCUT2D eigenvalue weighted by Crippen LogP contribution is -2.65. The standard InChI is InChI=1S/C36H67NO13/c1-3-4-5-6-7-8-9-10-11-12-13-14-15-16-17-18-19-20-26(41)25(37-24(2)40)23-47-35-33(46)31(44)34(28(22-39)49-35)50-36-32(45)30(43)29(42)27(21-38)48-36/h19-20,25-36,38-39,41-46H,3-18,21-23H2,1-2H3,(H,37,40)/b20-19+. The fraction of sp³-hybridized carbons (Fsp3) is 0.917. The predicted molar refractivity (Wildman–Crippen MR) is 185 cm³/mol. The minimum absolute atomic E-state index is 0.311. The first-order valence-electron chi connectivity index (χ1n) is 18.9. The Morgan fingerprint density at radius 3 is 1.72 bits per heavy atom. The van der Waals surface area contributed by atoms with E-state index < -0.39 is 92.7 Å². The minimum Gasteiger partial charge on any atom is -0.394 e. The Morgan fingerprint density at radius 2 is 1.20 bits per heavy atom. The van der Waals surface area contributed by atoms with Crippen LogP contribution in [0.3, 0.4) is 0 Å². The number of amides is 1. The zero-order valence-corrected chi connectivity index (χ0v) is 30.1. The average Bonchev–Trinajstić information content (AvgIpc) is 3.10. The van der Waals surface area contributed by atoms with Crippen LogP contribution in [0.2, 0.25) is 0 Å². The summed E-state index contributed by atoms with van der Waals surface area (Å²) in [5.74, 6) is -0.417. The Morgan fingerprint density at radius 1 is 0.700 bits per heavy atom. The van der Waals surface area contributed by atoms with Gasteiger partial charge in [0.1, 0.15) is 48.8 Å². The third-order valence-electron chi connectivity index (χ3n) is 9.51. The van der Waals surface area contributed by atoms with Crippen molar-refractivity contribution in [3.8, 4) is 0 Å². The number of carbonyl (C=O) groups is 1. The zero-order chi connectivity index (χ0) is 36.9. The number of rotatable bonds is 26. The van der Waals surface area contributed by atoms with Gasteiger partial charge >= 0.3 is 0 Å². The van der Waals surface area contributed by atoms with Gasteiger partial charge < -0.3 is 65.1 Å². The number of unbranched alkanes of at least 4 members (excludes halogenated alkanes) is 15. The van der Waals surface area contributed by atoms with Crippen molar-refractivity contribution in [2.45, 2.75) is 190 Å². The van der Waals surface area contributed by atoms with Gasteiger partial charge in [-0.2, -0.15) is 0 Å². The van der Waals surface area contributed by atoms with Crippen LogP contribution in [0.15, 0.2) is 12.2 Å². The molecule has 14 nitrogen and oxygen atoms in total. The lowest BCUT2D eigenvalue weighted by Gasteiger charge is -2.46. The molecular formula is C36H67NO13. The summed E-state index contributed by atoms with van der Waals surface area (Å²) in [5, 5.41) is 84.7. The van der Waals surface area contributed by atoms with Crippen LogP contribution in [0.4, 0.5) is 0 Å². The zero-order valence-electron chi connectivity index (χ0n) is 30.1. The fourth-order valence-corrected chi connectivity index (χ4v) is 6.38. The van der Waals surface area contributed by atoms with E-state index in [-0.39, 0.29) is 6.61 Å². The molecule has 12 atom stereocenters. The predicted octanol–water partition coefficient (Wildman–Crippen LogP) is 1.31. The summed E-state index contributed by atoms with van der Waals surface area (Å²) in [6.45, 7) is 1.81. The first kappa shape index (κ1) is 44.9. The summed E-state index contributed by atoms with van der Waals surface area (Å²) in [6, 6.07) is -0.909. The average molecular weight is 722 g/mol. The summed E-state index contributed by atoms with van der Waals surface area (Å²) in [5.41, 5.74) is 0. The Bertz CT molecular complexity index is 909. The molecule has 14 heteroatoms. The number of nitrogens with one attached hydrogen (secondary N) is 1.